The maximum Gasteiger partial charge on any atom is 0.194 e. The van der Waals surface area contributed by atoms with Crippen molar-refractivity contribution in [2.45, 2.75) is 6.92 Å². The van der Waals surface area contributed by atoms with E-state index in [1.54, 1.807) is 25.3 Å². The molecule has 0 atom stereocenters. The number of benzene rings is 2. The first-order valence-corrected chi connectivity index (χ1v) is 7.87. The van der Waals surface area contributed by atoms with E-state index in [4.69, 9.17) is 0 Å². The second-order valence-electron chi connectivity index (χ2n) is 5.87. The van der Waals surface area contributed by atoms with Crippen molar-refractivity contribution in [2.24, 2.45) is 0 Å². The van der Waals surface area contributed by atoms with Crippen LogP contribution in [0.5, 0.6) is 0 Å². The van der Waals surface area contributed by atoms with Crippen molar-refractivity contribution in [3.8, 4) is 22.8 Å². The van der Waals surface area contributed by atoms with E-state index >= 15 is 0 Å². The van der Waals surface area contributed by atoms with Crippen LogP contribution in [-0.4, -0.2) is 15.0 Å². The van der Waals surface area contributed by atoms with E-state index in [0.29, 0.717) is 22.8 Å². The van der Waals surface area contributed by atoms with Gasteiger partial charge in [0.25, 0.3) is 0 Å². The van der Waals surface area contributed by atoms with Crippen molar-refractivity contribution in [3.63, 3.8) is 0 Å². The number of para-hydroxylation sites is 1. The quantitative estimate of drug-likeness (QED) is 0.473. The van der Waals surface area contributed by atoms with Crippen LogP contribution in [0.3, 0.4) is 0 Å². The molecule has 2 aromatic carbocycles. The lowest BCUT2D eigenvalue weighted by molar-refractivity contribution is 0.447. The largest absolute Gasteiger partial charge is 0.244 e. The molecule has 2 heterocycles. The minimum Gasteiger partial charge on any atom is -0.244 e. The molecule has 0 unspecified atom stereocenters. The van der Waals surface area contributed by atoms with Crippen molar-refractivity contribution in [1.29, 1.82) is 0 Å². The van der Waals surface area contributed by atoms with E-state index in [2.05, 4.69) is 15.0 Å². The van der Waals surface area contributed by atoms with Gasteiger partial charge < -0.3 is 0 Å². The number of nitrogens with zero attached hydrogens (tertiary/aromatic N) is 3. The van der Waals surface area contributed by atoms with E-state index in [1.165, 1.54) is 0 Å². The predicted octanol–water partition coefficient (Wildman–Crippen LogP) is 5.08. The summed E-state index contributed by atoms with van der Waals surface area (Å²) in [5.41, 5.74) is 2.42. The second-order valence-corrected chi connectivity index (χ2v) is 5.87. The maximum atomic E-state index is 13.6. The van der Waals surface area contributed by atoms with Gasteiger partial charge in [-0.1, -0.05) is 24.3 Å². The Morgan fingerprint density at radius 3 is 2.35 bits per heavy atom. The summed E-state index contributed by atoms with van der Waals surface area (Å²) in [6, 6.07) is 12.9. The average molecular weight is 351 g/mol. The zero-order valence-corrected chi connectivity index (χ0v) is 13.7. The highest BCUT2D eigenvalue weighted by atomic mass is 19.2. The number of aryl methyl sites for hydroxylation is 1. The van der Waals surface area contributed by atoms with Crippen molar-refractivity contribution >= 4 is 10.9 Å². The zero-order valence-electron chi connectivity index (χ0n) is 13.7. The molecule has 0 fully saturated rings. The SMILES string of the molecule is Cc1ccc(-c2ncc3ccccc3n2)nc1-c1cc(F)c(F)c(F)c1. The summed E-state index contributed by atoms with van der Waals surface area (Å²) in [6.07, 6.45) is 1.69. The van der Waals surface area contributed by atoms with Gasteiger partial charge in [-0.3, -0.25) is 0 Å². The maximum absolute atomic E-state index is 13.6. The number of halogens is 3. The standard InChI is InChI=1S/C20H12F3N3/c1-11-6-7-17(20-24-10-12-4-2-3-5-16(12)26-20)25-19(11)13-8-14(21)18(23)15(22)9-13/h2-10H,1H3. The highest BCUT2D eigenvalue weighted by Gasteiger charge is 2.15. The zero-order chi connectivity index (χ0) is 18.3. The van der Waals surface area contributed by atoms with Crippen LogP contribution < -0.4 is 0 Å². The first-order valence-electron chi connectivity index (χ1n) is 7.87. The van der Waals surface area contributed by atoms with Gasteiger partial charge in [-0.15, -0.1) is 0 Å². The summed E-state index contributed by atoms with van der Waals surface area (Å²) in [5, 5.41) is 0.895. The molecule has 3 nitrogen and oxygen atoms in total. The molecule has 0 aliphatic carbocycles. The summed E-state index contributed by atoms with van der Waals surface area (Å²) < 4.78 is 40.4. The number of pyridine rings is 1. The van der Waals surface area contributed by atoms with Crippen LogP contribution in [0.25, 0.3) is 33.7 Å². The molecular formula is C20H12F3N3. The van der Waals surface area contributed by atoms with Gasteiger partial charge in [-0.2, -0.15) is 0 Å². The summed E-state index contributed by atoms with van der Waals surface area (Å²) in [7, 11) is 0. The van der Waals surface area contributed by atoms with E-state index in [9.17, 15) is 13.2 Å². The van der Waals surface area contributed by atoms with Crippen LogP contribution in [0.1, 0.15) is 5.56 Å². The molecule has 0 saturated carbocycles. The fourth-order valence-corrected chi connectivity index (χ4v) is 2.73. The topological polar surface area (TPSA) is 38.7 Å². The Hall–Kier alpha value is -3.28. The number of rotatable bonds is 2. The van der Waals surface area contributed by atoms with Crippen molar-refractivity contribution < 1.29 is 13.2 Å². The van der Waals surface area contributed by atoms with Crippen LogP contribution in [0.2, 0.25) is 0 Å². The smallest absolute Gasteiger partial charge is 0.194 e. The summed E-state index contributed by atoms with van der Waals surface area (Å²) in [6.45, 7) is 1.76. The van der Waals surface area contributed by atoms with Crippen LogP contribution in [-0.2, 0) is 0 Å². The lowest BCUT2D eigenvalue weighted by Gasteiger charge is -2.09. The molecule has 2 aromatic heterocycles. The highest BCUT2D eigenvalue weighted by Crippen LogP contribution is 2.27. The molecule has 128 valence electrons. The fraction of sp³-hybridized carbons (Fsp3) is 0.0500. The third kappa shape index (κ3) is 2.79. The molecule has 0 aliphatic rings. The van der Waals surface area contributed by atoms with Gasteiger partial charge in [-0.05, 0) is 36.8 Å². The van der Waals surface area contributed by atoms with E-state index in [-0.39, 0.29) is 5.56 Å². The first kappa shape index (κ1) is 16.2. The number of fused-ring (bicyclic) bond motifs is 1. The Morgan fingerprint density at radius 1 is 0.846 bits per heavy atom. The predicted molar refractivity (Wildman–Crippen MR) is 92.8 cm³/mol. The van der Waals surface area contributed by atoms with Gasteiger partial charge in [-0.25, -0.2) is 28.1 Å². The molecule has 0 aliphatic heterocycles. The van der Waals surface area contributed by atoms with E-state index < -0.39 is 17.5 Å². The normalized spacial score (nSPS) is 11.1. The molecule has 6 heteroatoms. The van der Waals surface area contributed by atoms with Gasteiger partial charge in [0.2, 0.25) is 0 Å². The fourth-order valence-electron chi connectivity index (χ4n) is 2.73. The lowest BCUT2D eigenvalue weighted by Crippen LogP contribution is -1.98. The Morgan fingerprint density at radius 2 is 1.58 bits per heavy atom. The molecule has 0 radical (unpaired) electrons. The minimum absolute atomic E-state index is 0.154. The summed E-state index contributed by atoms with van der Waals surface area (Å²) in [4.78, 5) is 13.2. The Labute approximate surface area is 147 Å². The first-order chi connectivity index (χ1) is 12.5. The second kappa shape index (κ2) is 6.22. The van der Waals surface area contributed by atoms with Gasteiger partial charge in [0.15, 0.2) is 23.3 Å². The van der Waals surface area contributed by atoms with E-state index in [1.807, 2.05) is 24.3 Å². The van der Waals surface area contributed by atoms with Crippen LogP contribution in [0.15, 0.2) is 54.7 Å². The average Bonchev–Trinajstić information content (AvgIpc) is 2.65. The van der Waals surface area contributed by atoms with Gasteiger partial charge >= 0.3 is 0 Å². The molecule has 0 N–H and O–H groups in total. The number of hydrogen-bond donors (Lipinski definition) is 0. The van der Waals surface area contributed by atoms with Crippen LogP contribution in [0.4, 0.5) is 13.2 Å². The monoisotopic (exact) mass is 351 g/mol. The summed E-state index contributed by atoms with van der Waals surface area (Å²) >= 11 is 0. The Kier molecular flexibility index (Phi) is 3.88. The molecular weight excluding hydrogens is 339 g/mol. The molecule has 0 spiro atoms. The number of hydrogen-bond acceptors (Lipinski definition) is 3. The van der Waals surface area contributed by atoms with Gasteiger partial charge in [0, 0.05) is 17.1 Å². The molecule has 0 bridgehead atoms. The lowest BCUT2D eigenvalue weighted by atomic mass is 10.1. The molecule has 4 rings (SSSR count). The molecule has 0 saturated heterocycles. The minimum atomic E-state index is -1.50. The van der Waals surface area contributed by atoms with Crippen molar-refractivity contribution in [1.82, 2.24) is 15.0 Å². The van der Waals surface area contributed by atoms with Crippen molar-refractivity contribution in [2.75, 3.05) is 0 Å². The van der Waals surface area contributed by atoms with Crippen LogP contribution in [0, 0.1) is 24.4 Å². The highest BCUT2D eigenvalue weighted by molar-refractivity contribution is 5.79. The number of aromatic nitrogens is 3. The molecule has 26 heavy (non-hydrogen) atoms. The molecule has 0 amide bonds. The third-order valence-corrected chi connectivity index (χ3v) is 4.07. The Bertz CT molecular complexity index is 1120. The van der Waals surface area contributed by atoms with Gasteiger partial charge in [0.1, 0.15) is 5.69 Å². The van der Waals surface area contributed by atoms with Crippen LogP contribution >= 0.6 is 0 Å². The third-order valence-electron chi connectivity index (χ3n) is 4.07. The van der Waals surface area contributed by atoms with Gasteiger partial charge in [0.05, 0.1) is 11.2 Å². The summed E-state index contributed by atoms with van der Waals surface area (Å²) in [5.74, 6) is -3.62. The Balaban J connectivity index is 1.85. The van der Waals surface area contributed by atoms with Crippen molar-refractivity contribution in [3.05, 3.63) is 77.7 Å². The molecule has 4 aromatic rings. The van der Waals surface area contributed by atoms with E-state index in [0.717, 1.165) is 23.0 Å².